The lowest BCUT2D eigenvalue weighted by Gasteiger charge is -2.05. The Morgan fingerprint density at radius 3 is 2.79 bits per heavy atom. The maximum atomic E-state index is 13.3. The summed E-state index contributed by atoms with van der Waals surface area (Å²) in [5, 5.41) is 18.7. The Labute approximate surface area is 114 Å². The number of thioether (sulfide) groups is 1. The molecule has 2 N–H and O–H groups in total. The molecule has 0 amide bonds. The van der Waals surface area contributed by atoms with Gasteiger partial charge in [0.1, 0.15) is 5.82 Å². The van der Waals surface area contributed by atoms with Gasteiger partial charge in [0.05, 0.1) is 0 Å². The lowest BCUT2D eigenvalue weighted by Crippen LogP contribution is -2.30. The van der Waals surface area contributed by atoms with E-state index in [-0.39, 0.29) is 5.46 Å². The van der Waals surface area contributed by atoms with Crippen molar-refractivity contribution in [2.45, 2.75) is 17.8 Å². The largest absolute Gasteiger partial charge is 0.488 e. The van der Waals surface area contributed by atoms with Crippen molar-refractivity contribution in [3.63, 3.8) is 0 Å². The number of aromatic nitrogens is 2. The molecule has 0 radical (unpaired) electrons. The number of rotatable bonds is 4. The summed E-state index contributed by atoms with van der Waals surface area (Å²) in [4.78, 5) is 8.32. The van der Waals surface area contributed by atoms with Crippen LogP contribution in [0.15, 0.2) is 35.6 Å². The van der Waals surface area contributed by atoms with Crippen molar-refractivity contribution in [2.75, 3.05) is 0 Å². The van der Waals surface area contributed by atoms with Crippen molar-refractivity contribution in [2.24, 2.45) is 0 Å². The molecule has 1 aromatic carbocycles. The Kier molecular flexibility index (Phi) is 4.52. The highest BCUT2D eigenvalue weighted by Gasteiger charge is 2.13. The molecule has 0 bridgehead atoms. The molecule has 98 valence electrons. The van der Waals surface area contributed by atoms with Crippen LogP contribution < -0.4 is 5.46 Å². The number of aryl methyl sites for hydroxylation is 1. The summed E-state index contributed by atoms with van der Waals surface area (Å²) in [6.45, 7) is 1.87. The normalized spacial score (nSPS) is 10.5. The molecule has 0 unspecified atom stereocenters. The van der Waals surface area contributed by atoms with Crippen molar-refractivity contribution in [3.8, 4) is 0 Å². The standard InChI is InChI=1S/C12H12BFN2O2S/c1-8-2-3-15-12(16-8)19-7-9-4-10(13(17)18)6-11(14)5-9/h2-6,17-18H,7H2,1H3. The van der Waals surface area contributed by atoms with Crippen molar-refractivity contribution < 1.29 is 14.4 Å². The Hall–Kier alpha value is -1.44. The first-order chi connectivity index (χ1) is 9.04. The predicted octanol–water partition coefficient (Wildman–Crippen LogP) is 0.896. The van der Waals surface area contributed by atoms with Crippen molar-refractivity contribution in [3.05, 3.63) is 47.5 Å². The van der Waals surface area contributed by atoms with Crippen LogP contribution in [0.4, 0.5) is 4.39 Å². The second-order valence-electron chi connectivity index (χ2n) is 4.04. The number of benzene rings is 1. The van der Waals surface area contributed by atoms with E-state index in [0.29, 0.717) is 16.5 Å². The van der Waals surface area contributed by atoms with Crippen molar-refractivity contribution >= 4 is 24.3 Å². The van der Waals surface area contributed by atoms with E-state index < -0.39 is 12.9 Å². The molecule has 2 aromatic rings. The first-order valence-corrected chi connectivity index (χ1v) is 6.61. The second kappa shape index (κ2) is 6.14. The summed E-state index contributed by atoms with van der Waals surface area (Å²) in [7, 11) is -1.67. The zero-order chi connectivity index (χ0) is 13.8. The fourth-order valence-corrected chi connectivity index (χ4v) is 2.36. The molecule has 1 aromatic heterocycles. The predicted molar refractivity (Wildman–Crippen MR) is 72.6 cm³/mol. The van der Waals surface area contributed by atoms with Gasteiger partial charge in [-0.3, -0.25) is 0 Å². The van der Waals surface area contributed by atoms with Gasteiger partial charge in [-0.1, -0.05) is 17.8 Å². The quantitative estimate of drug-likeness (QED) is 0.494. The van der Waals surface area contributed by atoms with Gasteiger partial charge in [0, 0.05) is 17.6 Å². The smallest absolute Gasteiger partial charge is 0.423 e. The van der Waals surface area contributed by atoms with Gasteiger partial charge in [-0.15, -0.1) is 0 Å². The minimum atomic E-state index is -1.67. The maximum Gasteiger partial charge on any atom is 0.488 e. The van der Waals surface area contributed by atoms with Crippen LogP contribution in [0.25, 0.3) is 0 Å². The molecule has 1 heterocycles. The zero-order valence-corrected chi connectivity index (χ0v) is 11.1. The molecule has 4 nitrogen and oxygen atoms in total. The first-order valence-electron chi connectivity index (χ1n) is 5.62. The number of halogens is 1. The Bertz CT molecular complexity index is 583. The van der Waals surface area contributed by atoms with Crippen molar-refractivity contribution in [1.82, 2.24) is 9.97 Å². The summed E-state index contributed by atoms with van der Waals surface area (Å²) in [5.74, 6) is -0.0349. The SMILES string of the molecule is Cc1ccnc(SCc2cc(F)cc(B(O)O)c2)n1. The molecule has 19 heavy (non-hydrogen) atoms. The van der Waals surface area contributed by atoms with Gasteiger partial charge in [-0.2, -0.15) is 0 Å². The molecule has 0 atom stereocenters. The molecule has 7 heteroatoms. The maximum absolute atomic E-state index is 13.3. The van der Waals surface area contributed by atoms with Gasteiger partial charge >= 0.3 is 7.12 Å². The van der Waals surface area contributed by atoms with Crippen LogP contribution >= 0.6 is 11.8 Å². The summed E-state index contributed by atoms with van der Waals surface area (Å²) < 4.78 is 13.3. The van der Waals surface area contributed by atoms with E-state index in [9.17, 15) is 4.39 Å². The summed E-state index contributed by atoms with van der Waals surface area (Å²) >= 11 is 1.36. The van der Waals surface area contributed by atoms with Gasteiger partial charge in [0.2, 0.25) is 0 Å². The molecule has 0 saturated heterocycles. The molecule has 0 saturated carbocycles. The van der Waals surface area contributed by atoms with Gasteiger partial charge in [-0.05, 0) is 36.1 Å². The van der Waals surface area contributed by atoms with E-state index >= 15 is 0 Å². The molecule has 0 aliphatic carbocycles. The van der Waals surface area contributed by atoms with E-state index in [4.69, 9.17) is 10.0 Å². The summed E-state index contributed by atoms with van der Waals surface area (Å²) in [5.41, 5.74) is 1.65. The van der Waals surface area contributed by atoms with E-state index in [0.717, 1.165) is 11.8 Å². The summed E-state index contributed by atoms with van der Waals surface area (Å²) in [6.07, 6.45) is 1.67. The van der Waals surface area contributed by atoms with Crippen LogP contribution in [0.2, 0.25) is 0 Å². The highest BCUT2D eigenvalue weighted by Crippen LogP contribution is 2.19. The zero-order valence-electron chi connectivity index (χ0n) is 10.2. The molecule has 2 rings (SSSR count). The van der Waals surface area contributed by atoms with E-state index in [1.54, 1.807) is 18.3 Å². The lowest BCUT2D eigenvalue weighted by atomic mass is 9.79. The van der Waals surface area contributed by atoms with Crippen molar-refractivity contribution in [1.29, 1.82) is 0 Å². The minimum Gasteiger partial charge on any atom is -0.423 e. The monoisotopic (exact) mass is 278 g/mol. The second-order valence-corrected chi connectivity index (χ2v) is 4.98. The summed E-state index contributed by atoms with van der Waals surface area (Å²) in [6, 6.07) is 5.81. The van der Waals surface area contributed by atoms with E-state index in [2.05, 4.69) is 9.97 Å². The van der Waals surface area contributed by atoms with Crippen LogP contribution in [-0.4, -0.2) is 27.1 Å². The Balaban J connectivity index is 2.11. The third-order valence-corrected chi connectivity index (χ3v) is 3.35. The highest BCUT2D eigenvalue weighted by atomic mass is 32.2. The average Bonchev–Trinajstić information content (AvgIpc) is 2.36. The fraction of sp³-hybridized carbons (Fsp3) is 0.167. The lowest BCUT2D eigenvalue weighted by molar-refractivity contribution is 0.425. The van der Waals surface area contributed by atoms with Crippen LogP contribution in [0.1, 0.15) is 11.3 Å². The average molecular weight is 278 g/mol. The van der Waals surface area contributed by atoms with Crippen LogP contribution in [-0.2, 0) is 5.75 Å². The van der Waals surface area contributed by atoms with Gasteiger partial charge in [0.25, 0.3) is 0 Å². The number of hydrogen-bond donors (Lipinski definition) is 2. The Morgan fingerprint density at radius 2 is 2.11 bits per heavy atom. The highest BCUT2D eigenvalue weighted by molar-refractivity contribution is 7.98. The third-order valence-electron chi connectivity index (χ3n) is 2.42. The molecule has 0 fully saturated rings. The van der Waals surface area contributed by atoms with E-state index in [1.165, 1.54) is 17.8 Å². The Morgan fingerprint density at radius 1 is 1.32 bits per heavy atom. The number of nitrogens with zero attached hydrogens (tertiary/aromatic N) is 2. The number of hydrogen-bond acceptors (Lipinski definition) is 5. The molecule has 0 spiro atoms. The first kappa shape index (κ1) is 14.0. The fourth-order valence-electron chi connectivity index (χ4n) is 1.55. The van der Waals surface area contributed by atoms with E-state index in [1.807, 2.05) is 6.92 Å². The van der Waals surface area contributed by atoms with Crippen LogP contribution in [0, 0.1) is 12.7 Å². The topological polar surface area (TPSA) is 66.2 Å². The van der Waals surface area contributed by atoms with Crippen LogP contribution in [0.3, 0.4) is 0 Å². The van der Waals surface area contributed by atoms with Gasteiger partial charge in [-0.25, -0.2) is 14.4 Å². The van der Waals surface area contributed by atoms with Gasteiger partial charge in [0.15, 0.2) is 5.16 Å². The third kappa shape index (κ3) is 4.02. The molecular weight excluding hydrogens is 266 g/mol. The van der Waals surface area contributed by atoms with Crippen LogP contribution in [0.5, 0.6) is 0 Å². The molecule has 0 aliphatic heterocycles. The van der Waals surface area contributed by atoms with Gasteiger partial charge < -0.3 is 10.0 Å². The minimum absolute atomic E-state index is 0.140. The molecule has 0 aliphatic rings. The molecular formula is C12H12BFN2O2S.